The molecule has 0 N–H and O–H groups in total. The van der Waals surface area contributed by atoms with Gasteiger partial charge in [0.1, 0.15) is 5.60 Å². The summed E-state index contributed by atoms with van der Waals surface area (Å²) in [6, 6.07) is 7.40. The Morgan fingerprint density at radius 2 is 1.96 bits per heavy atom. The maximum absolute atomic E-state index is 12.9. The molecule has 2 heterocycles. The van der Waals surface area contributed by atoms with Crippen LogP contribution in [0.5, 0.6) is 0 Å². The van der Waals surface area contributed by atoms with Gasteiger partial charge in [-0.05, 0) is 39.3 Å². The van der Waals surface area contributed by atoms with Gasteiger partial charge in [0.2, 0.25) is 5.78 Å². The van der Waals surface area contributed by atoms with E-state index in [1.807, 2.05) is 49.4 Å². The lowest BCUT2D eigenvalue weighted by Crippen LogP contribution is -2.25. The first-order chi connectivity index (χ1) is 12.8. The number of aromatic nitrogens is 4. The molecule has 0 saturated carbocycles. The number of thioether (sulfide) groups is 1. The average molecular weight is 388 g/mol. The van der Waals surface area contributed by atoms with Gasteiger partial charge in [-0.25, -0.2) is 0 Å². The molecule has 3 aromatic rings. The highest BCUT2D eigenvalue weighted by atomic mass is 32.2. The number of esters is 1. The minimum atomic E-state index is -0.530. The third-order valence-electron chi connectivity index (χ3n) is 3.95. The molecule has 0 amide bonds. The van der Waals surface area contributed by atoms with Gasteiger partial charge >= 0.3 is 5.97 Å². The lowest BCUT2D eigenvalue weighted by Gasteiger charge is -2.19. The largest absolute Gasteiger partial charge is 0.459 e. The highest BCUT2D eigenvalue weighted by Crippen LogP contribution is 2.22. The van der Waals surface area contributed by atoms with Crippen LogP contribution in [0.1, 0.15) is 40.5 Å². The number of aryl methyl sites for hydroxylation is 1. The molecule has 0 fully saturated rings. The summed E-state index contributed by atoms with van der Waals surface area (Å²) < 4.78 is 8.87. The summed E-state index contributed by atoms with van der Waals surface area (Å²) in [5, 5.41) is 9.65. The van der Waals surface area contributed by atoms with Crippen molar-refractivity contribution in [3.05, 3.63) is 34.6 Å². The average Bonchev–Trinajstić information content (AvgIpc) is 3.02. The zero-order chi connectivity index (χ0) is 19.6. The van der Waals surface area contributed by atoms with Gasteiger partial charge in [0.15, 0.2) is 5.16 Å². The summed E-state index contributed by atoms with van der Waals surface area (Å²) in [7, 11) is 0. The summed E-state index contributed by atoms with van der Waals surface area (Å²) in [6.07, 6.45) is 1.85. The van der Waals surface area contributed by atoms with Crippen molar-refractivity contribution < 1.29 is 9.53 Å². The van der Waals surface area contributed by atoms with E-state index in [1.165, 1.54) is 11.8 Å². The Bertz CT molecular complexity index is 1030. The van der Waals surface area contributed by atoms with Crippen molar-refractivity contribution >= 4 is 34.4 Å². The standard InChI is InChI=1S/C19H24N4O3S/c1-5-6-11-22-16(25)13-9-7-8-10-14(13)23-17(22)20-21-18(23)27-12-15(24)26-19(2,3)4/h7-10H,5-6,11-12H2,1-4H3. The Labute approximate surface area is 161 Å². The van der Waals surface area contributed by atoms with Crippen LogP contribution < -0.4 is 5.56 Å². The van der Waals surface area contributed by atoms with Gasteiger partial charge in [0, 0.05) is 6.54 Å². The molecule has 27 heavy (non-hydrogen) atoms. The Morgan fingerprint density at radius 3 is 2.67 bits per heavy atom. The number of fused-ring (bicyclic) bond motifs is 3. The Kier molecular flexibility index (Phi) is 5.55. The van der Waals surface area contributed by atoms with Crippen LogP contribution in [0, 0.1) is 0 Å². The molecule has 0 aliphatic rings. The van der Waals surface area contributed by atoms with E-state index in [9.17, 15) is 9.59 Å². The third-order valence-corrected chi connectivity index (χ3v) is 4.86. The number of hydrogen-bond acceptors (Lipinski definition) is 6. The van der Waals surface area contributed by atoms with E-state index in [4.69, 9.17) is 4.74 Å². The summed E-state index contributed by atoms with van der Waals surface area (Å²) in [6.45, 7) is 8.17. The van der Waals surface area contributed by atoms with Crippen molar-refractivity contribution in [3.63, 3.8) is 0 Å². The maximum atomic E-state index is 12.9. The summed E-state index contributed by atoms with van der Waals surface area (Å²) in [5.74, 6) is 0.312. The van der Waals surface area contributed by atoms with Crippen molar-refractivity contribution in [3.8, 4) is 0 Å². The highest BCUT2D eigenvalue weighted by Gasteiger charge is 2.20. The molecule has 3 rings (SSSR count). The molecule has 0 aliphatic carbocycles. The van der Waals surface area contributed by atoms with Crippen LogP contribution in [0.15, 0.2) is 34.2 Å². The van der Waals surface area contributed by atoms with Gasteiger partial charge in [-0.2, -0.15) is 0 Å². The van der Waals surface area contributed by atoms with Crippen molar-refractivity contribution in [1.82, 2.24) is 19.2 Å². The third kappa shape index (κ3) is 4.16. The van der Waals surface area contributed by atoms with Gasteiger partial charge in [-0.15, -0.1) is 10.2 Å². The summed E-state index contributed by atoms with van der Waals surface area (Å²) >= 11 is 1.26. The first kappa shape index (κ1) is 19.4. The number of rotatable bonds is 6. The molecular formula is C19H24N4O3S. The molecule has 2 aromatic heterocycles. The fourth-order valence-electron chi connectivity index (χ4n) is 2.84. The maximum Gasteiger partial charge on any atom is 0.316 e. The van der Waals surface area contributed by atoms with Crippen molar-refractivity contribution in [2.45, 2.75) is 57.8 Å². The number of carbonyl (C=O) groups is 1. The number of para-hydroxylation sites is 1. The molecule has 0 atom stereocenters. The number of hydrogen-bond donors (Lipinski definition) is 0. The van der Waals surface area contributed by atoms with Crippen LogP contribution in [0.2, 0.25) is 0 Å². The van der Waals surface area contributed by atoms with Crippen LogP contribution in [-0.2, 0) is 16.1 Å². The van der Waals surface area contributed by atoms with E-state index < -0.39 is 5.60 Å². The number of carbonyl (C=O) groups excluding carboxylic acids is 1. The Morgan fingerprint density at radius 1 is 1.22 bits per heavy atom. The van der Waals surface area contributed by atoms with Gasteiger partial charge < -0.3 is 4.74 Å². The quantitative estimate of drug-likeness (QED) is 0.476. The molecule has 8 heteroatoms. The molecule has 0 spiro atoms. The molecule has 144 valence electrons. The normalized spacial score (nSPS) is 12.0. The number of nitrogens with zero attached hydrogens (tertiary/aromatic N) is 4. The molecule has 0 aliphatic heterocycles. The molecular weight excluding hydrogens is 364 g/mol. The zero-order valence-electron chi connectivity index (χ0n) is 16.1. The van der Waals surface area contributed by atoms with Gasteiger partial charge in [-0.1, -0.05) is 37.2 Å². The Balaban J connectivity index is 2.04. The second-order valence-electron chi connectivity index (χ2n) is 7.32. The lowest BCUT2D eigenvalue weighted by molar-refractivity contribution is -0.151. The van der Waals surface area contributed by atoms with E-state index in [0.29, 0.717) is 22.9 Å². The highest BCUT2D eigenvalue weighted by molar-refractivity contribution is 7.99. The predicted octanol–water partition coefficient (Wildman–Crippen LogP) is 3.28. The predicted molar refractivity (Wildman–Crippen MR) is 106 cm³/mol. The van der Waals surface area contributed by atoms with E-state index in [-0.39, 0.29) is 17.3 Å². The summed E-state index contributed by atoms with van der Waals surface area (Å²) in [4.78, 5) is 24.9. The van der Waals surface area contributed by atoms with E-state index in [0.717, 1.165) is 18.4 Å². The van der Waals surface area contributed by atoms with Gasteiger partial charge in [0.25, 0.3) is 5.56 Å². The number of ether oxygens (including phenoxy) is 1. The smallest absolute Gasteiger partial charge is 0.316 e. The number of benzene rings is 1. The molecule has 0 radical (unpaired) electrons. The van der Waals surface area contributed by atoms with Crippen LogP contribution in [-0.4, -0.2) is 36.5 Å². The Hall–Kier alpha value is -2.35. The van der Waals surface area contributed by atoms with Gasteiger partial charge in [0.05, 0.1) is 16.7 Å². The van der Waals surface area contributed by atoms with Crippen molar-refractivity contribution in [2.75, 3.05) is 5.75 Å². The van der Waals surface area contributed by atoms with Crippen molar-refractivity contribution in [2.24, 2.45) is 0 Å². The lowest BCUT2D eigenvalue weighted by atomic mass is 10.2. The van der Waals surface area contributed by atoms with Crippen LogP contribution in [0.3, 0.4) is 0 Å². The molecule has 7 nitrogen and oxygen atoms in total. The fourth-order valence-corrected chi connectivity index (χ4v) is 3.55. The summed E-state index contributed by atoms with van der Waals surface area (Å²) in [5.41, 5.74) is 0.141. The van der Waals surface area contributed by atoms with Crippen molar-refractivity contribution in [1.29, 1.82) is 0 Å². The molecule has 0 saturated heterocycles. The SMILES string of the molecule is CCCCn1c(=O)c2ccccc2n2c(SCC(=O)OC(C)(C)C)nnc12. The minimum absolute atomic E-state index is 0.0670. The second kappa shape index (κ2) is 7.72. The molecule has 0 bridgehead atoms. The van der Waals surface area contributed by atoms with Crippen LogP contribution >= 0.6 is 11.8 Å². The van der Waals surface area contributed by atoms with Crippen LogP contribution in [0.25, 0.3) is 16.7 Å². The topological polar surface area (TPSA) is 78.5 Å². The van der Waals surface area contributed by atoms with Crippen LogP contribution in [0.4, 0.5) is 0 Å². The fraction of sp³-hybridized carbons (Fsp3) is 0.474. The molecule has 0 unspecified atom stereocenters. The first-order valence-electron chi connectivity index (χ1n) is 9.03. The monoisotopic (exact) mass is 388 g/mol. The second-order valence-corrected chi connectivity index (χ2v) is 8.26. The first-order valence-corrected chi connectivity index (χ1v) is 10.0. The molecule has 1 aromatic carbocycles. The van der Waals surface area contributed by atoms with E-state index in [1.54, 1.807) is 4.57 Å². The zero-order valence-corrected chi connectivity index (χ0v) is 16.9. The minimum Gasteiger partial charge on any atom is -0.459 e. The van der Waals surface area contributed by atoms with E-state index >= 15 is 0 Å². The van der Waals surface area contributed by atoms with E-state index in [2.05, 4.69) is 17.1 Å². The van der Waals surface area contributed by atoms with Gasteiger partial charge in [-0.3, -0.25) is 18.6 Å². The number of unbranched alkanes of at least 4 members (excludes halogenated alkanes) is 1.